The van der Waals surface area contributed by atoms with Crippen LogP contribution in [0.5, 0.6) is 0 Å². The van der Waals surface area contributed by atoms with E-state index in [0.29, 0.717) is 18.7 Å². The van der Waals surface area contributed by atoms with Crippen LogP contribution in [0, 0.1) is 0 Å². The highest BCUT2D eigenvalue weighted by Crippen LogP contribution is 2.32. The zero-order valence-corrected chi connectivity index (χ0v) is 18.5. The summed E-state index contributed by atoms with van der Waals surface area (Å²) < 4.78 is 0. The van der Waals surface area contributed by atoms with Crippen molar-refractivity contribution in [1.82, 2.24) is 10.2 Å². The van der Waals surface area contributed by atoms with E-state index in [0.717, 1.165) is 41.8 Å². The van der Waals surface area contributed by atoms with Gasteiger partial charge in [0.1, 0.15) is 12.1 Å². The van der Waals surface area contributed by atoms with E-state index in [4.69, 9.17) is 0 Å². The van der Waals surface area contributed by atoms with E-state index in [2.05, 4.69) is 10.6 Å². The Morgan fingerprint density at radius 2 is 1.76 bits per heavy atom. The summed E-state index contributed by atoms with van der Waals surface area (Å²) in [5.41, 5.74) is 3.36. The Balaban J connectivity index is 1.25. The van der Waals surface area contributed by atoms with Crippen LogP contribution in [0.3, 0.4) is 0 Å². The Labute approximate surface area is 191 Å². The molecule has 1 aliphatic carbocycles. The number of benzene rings is 2. The number of nitrogens with one attached hydrogen (secondary N) is 2. The highest BCUT2D eigenvalue weighted by Gasteiger charge is 2.49. The van der Waals surface area contributed by atoms with Gasteiger partial charge < -0.3 is 15.5 Å². The maximum Gasteiger partial charge on any atom is 0.325 e. The highest BCUT2D eigenvalue weighted by atomic mass is 16.2. The van der Waals surface area contributed by atoms with Gasteiger partial charge in [-0.3, -0.25) is 19.3 Å². The first kappa shape index (κ1) is 21.2. The molecule has 0 unspecified atom stereocenters. The van der Waals surface area contributed by atoms with Crippen molar-refractivity contribution >= 4 is 35.1 Å². The van der Waals surface area contributed by atoms with Gasteiger partial charge >= 0.3 is 6.03 Å². The maximum atomic E-state index is 13.2. The van der Waals surface area contributed by atoms with Gasteiger partial charge in [0.15, 0.2) is 0 Å². The fourth-order valence-corrected chi connectivity index (χ4v) is 4.91. The fraction of sp³-hybridized carbons (Fsp3) is 0.360. The van der Waals surface area contributed by atoms with Gasteiger partial charge in [-0.05, 0) is 73.6 Å². The molecule has 0 saturated carbocycles. The van der Waals surface area contributed by atoms with Gasteiger partial charge in [-0.1, -0.05) is 18.2 Å². The van der Waals surface area contributed by atoms with Crippen molar-refractivity contribution in [3.63, 3.8) is 0 Å². The standard InChI is InChI=1S/C25H26N4O4/c1-25(18-8-7-16-4-2-5-17(16)14-18)23(32)29(24(33)27-25)15-21(30)26-19-9-11-20(12-10-19)28-13-3-6-22(28)31/h7-12,14H,2-6,13,15H2,1H3,(H,26,30)(H,27,33)/t25-/m1/s1. The zero-order valence-electron chi connectivity index (χ0n) is 18.5. The molecule has 3 aliphatic rings. The highest BCUT2D eigenvalue weighted by molar-refractivity contribution is 6.10. The van der Waals surface area contributed by atoms with Crippen LogP contribution >= 0.6 is 0 Å². The number of amides is 5. The predicted molar refractivity (Wildman–Crippen MR) is 123 cm³/mol. The molecule has 1 atom stereocenters. The Morgan fingerprint density at radius 1 is 1.00 bits per heavy atom. The second-order valence-corrected chi connectivity index (χ2v) is 9.03. The normalized spacial score (nSPS) is 22.0. The van der Waals surface area contributed by atoms with Gasteiger partial charge in [0.05, 0.1) is 0 Å². The molecule has 8 heteroatoms. The first-order chi connectivity index (χ1) is 15.8. The van der Waals surface area contributed by atoms with E-state index in [-0.39, 0.29) is 12.5 Å². The van der Waals surface area contributed by atoms with E-state index in [1.165, 1.54) is 11.1 Å². The van der Waals surface area contributed by atoms with Crippen molar-refractivity contribution in [2.45, 2.75) is 44.6 Å². The number of imide groups is 1. The molecule has 2 aromatic carbocycles. The minimum atomic E-state index is -1.20. The van der Waals surface area contributed by atoms with Gasteiger partial charge in [-0.2, -0.15) is 0 Å². The van der Waals surface area contributed by atoms with E-state index >= 15 is 0 Å². The number of anilines is 2. The molecular weight excluding hydrogens is 420 g/mol. The summed E-state index contributed by atoms with van der Waals surface area (Å²) in [5.74, 6) is -0.818. The van der Waals surface area contributed by atoms with Gasteiger partial charge in [0.25, 0.3) is 5.91 Å². The summed E-state index contributed by atoms with van der Waals surface area (Å²) in [6.07, 6.45) is 4.49. The van der Waals surface area contributed by atoms with E-state index in [1.54, 1.807) is 36.1 Å². The molecule has 170 valence electrons. The Kier molecular flexibility index (Phi) is 5.15. The summed E-state index contributed by atoms with van der Waals surface area (Å²) in [4.78, 5) is 52.9. The minimum Gasteiger partial charge on any atom is -0.325 e. The van der Waals surface area contributed by atoms with Gasteiger partial charge in [-0.25, -0.2) is 4.79 Å². The number of urea groups is 1. The average Bonchev–Trinajstić information content (AvgIpc) is 3.49. The summed E-state index contributed by atoms with van der Waals surface area (Å²) >= 11 is 0. The topological polar surface area (TPSA) is 98.8 Å². The van der Waals surface area contributed by atoms with Crippen molar-refractivity contribution in [2.75, 3.05) is 23.3 Å². The van der Waals surface area contributed by atoms with Crippen LogP contribution < -0.4 is 15.5 Å². The summed E-state index contributed by atoms with van der Waals surface area (Å²) in [6, 6.07) is 12.3. The molecule has 2 aliphatic heterocycles. The number of rotatable bonds is 5. The Morgan fingerprint density at radius 3 is 2.48 bits per heavy atom. The third kappa shape index (κ3) is 3.75. The molecular formula is C25H26N4O4. The number of carbonyl (C=O) groups excluding carboxylic acids is 4. The zero-order chi connectivity index (χ0) is 23.2. The summed E-state index contributed by atoms with van der Waals surface area (Å²) in [5, 5.41) is 5.49. The molecule has 2 N–H and O–H groups in total. The molecule has 5 rings (SSSR count). The van der Waals surface area contributed by atoms with Crippen molar-refractivity contribution in [3.05, 3.63) is 59.2 Å². The summed E-state index contributed by atoms with van der Waals surface area (Å²) in [7, 11) is 0. The van der Waals surface area contributed by atoms with Crippen LogP contribution in [0.4, 0.5) is 16.2 Å². The lowest BCUT2D eigenvalue weighted by atomic mass is 9.89. The number of hydrogen-bond donors (Lipinski definition) is 2. The van der Waals surface area contributed by atoms with E-state index < -0.39 is 23.4 Å². The third-order valence-corrected chi connectivity index (χ3v) is 6.79. The van der Waals surface area contributed by atoms with Crippen molar-refractivity contribution in [2.24, 2.45) is 0 Å². The van der Waals surface area contributed by atoms with Crippen LogP contribution in [0.25, 0.3) is 0 Å². The van der Waals surface area contributed by atoms with Crippen molar-refractivity contribution in [3.8, 4) is 0 Å². The number of hydrogen-bond acceptors (Lipinski definition) is 4. The molecule has 0 spiro atoms. The molecule has 0 aromatic heterocycles. The van der Waals surface area contributed by atoms with Gasteiger partial charge in [0, 0.05) is 24.3 Å². The fourth-order valence-electron chi connectivity index (χ4n) is 4.91. The van der Waals surface area contributed by atoms with Crippen LogP contribution in [-0.4, -0.2) is 41.7 Å². The van der Waals surface area contributed by atoms with Crippen molar-refractivity contribution < 1.29 is 19.2 Å². The molecule has 0 radical (unpaired) electrons. The van der Waals surface area contributed by atoms with Crippen molar-refractivity contribution in [1.29, 1.82) is 0 Å². The second kappa shape index (κ2) is 8.03. The number of carbonyl (C=O) groups is 4. The third-order valence-electron chi connectivity index (χ3n) is 6.79. The second-order valence-electron chi connectivity index (χ2n) is 9.03. The molecule has 0 bridgehead atoms. The van der Waals surface area contributed by atoms with E-state index in [9.17, 15) is 19.2 Å². The molecule has 2 heterocycles. The predicted octanol–water partition coefficient (Wildman–Crippen LogP) is 2.71. The molecule has 5 amide bonds. The van der Waals surface area contributed by atoms with Crippen LogP contribution in [0.1, 0.15) is 42.9 Å². The maximum absolute atomic E-state index is 13.2. The molecule has 8 nitrogen and oxygen atoms in total. The number of nitrogens with zero attached hydrogens (tertiary/aromatic N) is 2. The van der Waals surface area contributed by atoms with E-state index in [1.807, 2.05) is 18.2 Å². The monoisotopic (exact) mass is 446 g/mol. The quantitative estimate of drug-likeness (QED) is 0.690. The molecule has 33 heavy (non-hydrogen) atoms. The first-order valence-corrected chi connectivity index (χ1v) is 11.3. The smallest absolute Gasteiger partial charge is 0.325 e. The average molecular weight is 447 g/mol. The molecule has 2 aromatic rings. The number of aryl methyl sites for hydroxylation is 2. The van der Waals surface area contributed by atoms with Gasteiger partial charge in [0.2, 0.25) is 11.8 Å². The SMILES string of the molecule is C[C@]1(c2ccc3c(c2)CCC3)NC(=O)N(CC(=O)Nc2ccc(N3CCCC3=O)cc2)C1=O. The van der Waals surface area contributed by atoms with Crippen LogP contribution in [0.2, 0.25) is 0 Å². The summed E-state index contributed by atoms with van der Waals surface area (Å²) in [6.45, 7) is 2.00. The molecule has 2 fully saturated rings. The first-order valence-electron chi connectivity index (χ1n) is 11.3. The lowest BCUT2D eigenvalue weighted by Gasteiger charge is -2.23. The Hall–Kier alpha value is -3.68. The van der Waals surface area contributed by atoms with Gasteiger partial charge in [-0.15, -0.1) is 0 Å². The minimum absolute atomic E-state index is 0.0942. The lowest BCUT2D eigenvalue weighted by molar-refractivity contribution is -0.133. The van der Waals surface area contributed by atoms with Crippen LogP contribution in [0.15, 0.2) is 42.5 Å². The largest absolute Gasteiger partial charge is 0.325 e. The molecule has 2 saturated heterocycles. The van der Waals surface area contributed by atoms with Crippen LogP contribution in [-0.2, 0) is 32.8 Å². The Bertz CT molecular complexity index is 1160. The number of fused-ring (bicyclic) bond motifs is 1. The lowest BCUT2D eigenvalue weighted by Crippen LogP contribution is -2.42.